The third-order valence-electron chi connectivity index (χ3n) is 2.34. The number of hydrogen-bond acceptors (Lipinski definition) is 2. The lowest BCUT2D eigenvalue weighted by atomic mass is 10.0. The molecule has 0 spiro atoms. The van der Waals surface area contributed by atoms with E-state index in [2.05, 4.69) is 6.58 Å². The minimum Gasteiger partial charge on any atom is -0.478 e. The van der Waals surface area contributed by atoms with Crippen molar-refractivity contribution >= 4 is 17.8 Å². The Morgan fingerprint density at radius 2 is 1.88 bits per heavy atom. The molecule has 0 bridgehead atoms. The van der Waals surface area contributed by atoms with Crippen molar-refractivity contribution in [3.05, 3.63) is 53.6 Å². The second-order valence-electron chi connectivity index (χ2n) is 3.58. The van der Waals surface area contributed by atoms with Crippen LogP contribution in [-0.2, 0) is 4.79 Å². The fourth-order valence-corrected chi connectivity index (χ4v) is 1.28. The zero-order chi connectivity index (χ0) is 12.8. The van der Waals surface area contributed by atoms with E-state index in [4.69, 9.17) is 5.11 Å². The number of Topliss-reactive ketones (excluding diaryl/α,β-unsaturated/α-hetero) is 1. The highest BCUT2D eigenvalue weighted by molar-refractivity contribution is 6.08. The number of carboxylic acid groups (broad SMARTS) is 1. The van der Waals surface area contributed by atoms with Gasteiger partial charge >= 0.3 is 5.97 Å². The molecule has 1 aromatic carbocycles. The van der Waals surface area contributed by atoms with Gasteiger partial charge in [0, 0.05) is 11.6 Å². The number of aliphatic carboxylic acids is 1. The van der Waals surface area contributed by atoms with Crippen LogP contribution in [0.5, 0.6) is 0 Å². The molecule has 0 saturated carbocycles. The number of benzene rings is 1. The monoisotopic (exact) mass is 230 g/mol. The van der Waals surface area contributed by atoms with Gasteiger partial charge in [-0.05, 0) is 23.6 Å². The number of allylic oxidation sites excluding steroid dienone is 1. The van der Waals surface area contributed by atoms with Crippen molar-refractivity contribution in [2.75, 3.05) is 0 Å². The number of carboxylic acids is 1. The van der Waals surface area contributed by atoms with Gasteiger partial charge in [-0.15, -0.1) is 0 Å². The van der Waals surface area contributed by atoms with Crippen molar-refractivity contribution in [3.8, 4) is 0 Å². The molecule has 3 nitrogen and oxygen atoms in total. The molecule has 17 heavy (non-hydrogen) atoms. The first-order chi connectivity index (χ1) is 8.04. The van der Waals surface area contributed by atoms with Crippen LogP contribution in [0.1, 0.15) is 29.3 Å². The number of hydrogen-bond donors (Lipinski definition) is 1. The van der Waals surface area contributed by atoms with Crippen molar-refractivity contribution in [1.82, 2.24) is 0 Å². The summed E-state index contributed by atoms with van der Waals surface area (Å²) in [6, 6.07) is 6.75. The molecule has 0 radical (unpaired) electrons. The van der Waals surface area contributed by atoms with Gasteiger partial charge in [0.1, 0.15) is 0 Å². The van der Waals surface area contributed by atoms with Gasteiger partial charge in [0.05, 0.1) is 0 Å². The first-order valence-electron chi connectivity index (χ1n) is 5.28. The van der Waals surface area contributed by atoms with E-state index >= 15 is 0 Å². The molecule has 3 heteroatoms. The Morgan fingerprint density at radius 3 is 2.35 bits per heavy atom. The van der Waals surface area contributed by atoms with Gasteiger partial charge in [-0.2, -0.15) is 0 Å². The molecule has 88 valence electrons. The molecule has 1 rings (SSSR count). The van der Waals surface area contributed by atoms with Crippen LogP contribution in [0, 0.1) is 0 Å². The van der Waals surface area contributed by atoms with E-state index in [0.29, 0.717) is 17.6 Å². The van der Waals surface area contributed by atoms with E-state index < -0.39 is 5.97 Å². The maximum atomic E-state index is 11.7. The average molecular weight is 230 g/mol. The smallest absolute Gasteiger partial charge is 0.328 e. The molecule has 0 fully saturated rings. The van der Waals surface area contributed by atoms with E-state index in [9.17, 15) is 9.59 Å². The molecule has 0 aliphatic rings. The summed E-state index contributed by atoms with van der Waals surface area (Å²) in [6.07, 6.45) is 3.16. The lowest BCUT2D eigenvalue weighted by molar-refractivity contribution is -0.131. The highest BCUT2D eigenvalue weighted by atomic mass is 16.4. The summed E-state index contributed by atoms with van der Waals surface area (Å²) >= 11 is 0. The first kappa shape index (κ1) is 12.9. The molecule has 0 saturated heterocycles. The van der Waals surface area contributed by atoms with Gasteiger partial charge in [0.15, 0.2) is 5.78 Å². The van der Waals surface area contributed by atoms with Crippen molar-refractivity contribution in [1.29, 1.82) is 0 Å². The molecule has 0 aliphatic heterocycles. The first-order valence-corrected chi connectivity index (χ1v) is 5.28. The number of rotatable bonds is 5. The van der Waals surface area contributed by atoms with Crippen molar-refractivity contribution in [2.45, 2.75) is 13.3 Å². The van der Waals surface area contributed by atoms with Crippen LogP contribution in [0.2, 0.25) is 0 Å². The minimum absolute atomic E-state index is 0.0683. The zero-order valence-electron chi connectivity index (χ0n) is 9.64. The average Bonchev–Trinajstić information content (AvgIpc) is 2.35. The van der Waals surface area contributed by atoms with Gasteiger partial charge in [-0.25, -0.2) is 4.79 Å². The quantitative estimate of drug-likeness (QED) is 0.625. The summed E-state index contributed by atoms with van der Waals surface area (Å²) in [7, 11) is 0. The predicted molar refractivity (Wildman–Crippen MR) is 66.9 cm³/mol. The van der Waals surface area contributed by atoms with E-state index in [-0.39, 0.29) is 5.78 Å². The number of carbonyl (C=O) groups is 2. The summed E-state index contributed by atoms with van der Waals surface area (Å²) in [5.74, 6) is -1.06. The summed E-state index contributed by atoms with van der Waals surface area (Å²) < 4.78 is 0. The van der Waals surface area contributed by atoms with Crippen LogP contribution in [0.15, 0.2) is 42.5 Å². The van der Waals surface area contributed by atoms with Gasteiger partial charge in [-0.3, -0.25) is 4.79 Å². The third-order valence-corrected chi connectivity index (χ3v) is 2.34. The fraction of sp³-hybridized carbons (Fsp3) is 0.143. The van der Waals surface area contributed by atoms with Crippen molar-refractivity contribution < 1.29 is 14.7 Å². The van der Waals surface area contributed by atoms with Gasteiger partial charge in [0.2, 0.25) is 0 Å². The van der Waals surface area contributed by atoms with Crippen LogP contribution in [-0.4, -0.2) is 16.9 Å². The van der Waals surface area contributed by atoms with E-state index in [1.165, 1.54) is 6.08 Å². The number of ketones is 1. The number of carbonyl (C=O) groups excluding carboxylic acids is 1. The summed E-state index contributed by atoms with van der Waals surface area (Å²) in [6.45, 7) is 5.57. The lowest BCUT2D eigenvalue weighted by Gasteiger charge is -2.02. The van der Waals surface area contributed by atoms with E-state index in [1.54, 1.807) is 24.3 Å². The maximum absolute atomic E-state index is 11.7. The van der Waals surface area contributed by atoms with Crippen LogP contribution in [0.3, 0.4) is 0 Å². The molecule has 0 aliphatic carbocycles. The molecular formula is C14H14O3. The maximum Gasteiger partial charge on any atom is 0.328 e. The molecule has 0 unspecified atom stereocenters. The second-order valence-corrected chi connectivity index (χ2v) is 3.58. The van der Waals surface area contributed by atoms with Crippen molar-refractivity contribution in [3.63, 3.8) is 0 Å². The summed E-state index contributed by atoms with van der Waals surface area (Å²) in [5, 5.41) is 8.47. The van der Waals surface area contributed by atoms with Crippen LogP contribution in [0.25, 0.3) is 6.08 Å². The Balaban J connectivity index is 2.85. The molecular weight excluding hydrogens is 216 g/mol. The minimum atomic E-state index is -0.996. The summed E-state index contributed by atoms with van der Waals surface area (Å²) in [4.78, 5) is 22.1. The van der Waals surface area contributed by atoms with Crippen molar-refractivity contribution in [2.24, 2.45) is 0 Å². The van der Waals surface area contributed by atoms with Crippen LogP contribution >= 0.6 is 0 Å². The molecule has 1 aromatic rings. The summed E-state index contributed by atoms with van der Waals surface area (Å²) in [5.41, 5.74) is 1.88. The van der Waals surface area contributed by atoms with Gasteiger partial charge in [0.25, 0.3) is 0 Å². The standard InChI is InChI=1S/C14H14O3/c1-3-10(2)14(17)12-7-4-11(5-8-12)6-9-13(15)16/h4-9H,2-3H2,1H3,(H,15,16). The zero-order valence-corrected chi connectivity index (χ0v) is 9.64. The highest BCUT2D eigenvalue weighted by Crippen LogP contribution is 2.12. The Bertz CT molecular complexity index is 467. The Kier molecular flexibility index (Phi) is 4.40. The van der Waals surface area contributed by atoms with Crippen LogP contribution in [0.4, 0.5) is 0 Å². The lowest BCUT2D eigenvalue weighted by Crippen LogP contribution is -2.01. The Morgan fingerprint density at radius 1 is 1.29 bits per heavy atom. The molecule has 0 aromatic heterocycles. The normalized spacial score (nSPS) is 10.4. The second kappa shape index (κ2) is 5.80. The highest BCUT2D eigenvalue weighted by Gasteiger charge is 2.07. The van der Waals surface area contributed by atoms with Gasteiger partial charge < -0.3 is 5.11 Å². The molecule has 0 amide bonds. The van der Waals surface area contributed by atoms with Gasteiger partial charge in [-0.1, -0.05) is 37.8 Å². The topological polar surface area (TPSA) is 54.4 Å². The predicted octanol–water partition coefficient (Wildman–Crippen LogP) is 2.93. The molecule has 0 heterocycles. The molecule has 0 atom stereocenters. The Hall–Kier alpha value is -2.16. The fourth-order valence-electron chi connectivity index (χ4n) is 1.28. The van der Waals surface area contributed by atoms with E-state index in [1.807, 2.05) is 6.92 Å². The molecule has 1 N–H and O–H groups in total. The Labute approximate surface area is 100 Å². The largest absolute Gasteiger partial charge is 0.478 e. The SMILES string of the molecule is C=C(CC)C(=O)c1ccc(C=CC(=O)O)cc1. The van der Waals surface area contributed by atoms with Crippen LogP contribution < -0.4 is 0 Å². The third kappa shape index (κ3) is 3.72. The van der Waals surface area contributed by atoms with E-state index in [0.717, 1.165) is 11.6 Å².